The SMILES string of the molecule is Cc1cc(I)cc(-n2c3ccc(C)cc3c3cc(C)ccc32)c1. The van der Waals surface area contributed by atoms with Crippen LogP contribution in [-0.2, 0) is 0 Å². The van der Waals surface area contributed by atoms with Crippen molar-refractivity contribution >= 4 is 44.4 Å². The summed E-state index contributed by atoms with van der Waals surface area (Å²) in [5.74, 6) is 0. The normalized spacial score (nSPS) is 11.5. The Morgan fingerprint density at radius 3 is 1.74 bits per heavy atom. The molecule has 0 aliphatic rings. The third-order valence-electron chi connectivity index (χ3n) is 4.36. The van der Waals surface area contributed by atoms with Gasteiger partial charge in [-0.25, -0.2) is 0 Å². The van der Waals surface area contributed by atoms with Crippen molar-refractivity contribution in [1.29, 1.82) is 0 Å². The highest BCUT2D eigenvalue weighted by Gasteiger charge is 2.13. The Kier molecular flexibility index (Phi) is 3.45. The summed E-state index contributed by atoms with van der Waals surface area (Å²) in [5.41, 5.74) is 7.69. The molecule has 0 fully saturated rings. The average molecular weight is 411 g/mol. The van der Waals surface area contributed by atoms with Crippen LogP contribution in [0.1, 0.15) is 16.7 Å². The van der Waals surface area contributed by atoms with Crippen molar-refractivity contribution < 1.29 is 0 Å². The summed E-state index contributed by atoms with van der Waals surface area (Å²) in [4.78, 5) is 0. The van der Waals surface area contributed by atoms with Crippen molar-refractivity contribution in [3.8, 4) is 5.69 Å². The lowest BCUT2D eigenvalue weighted by molar-refractivity contribution is 1.16. The number of rotatable bonds is 1. The summed E-state index contributed by atoms with van der Waals surface area (Å²) >= 11 is 2.40. The Morgan fingerprint density at radius 2 is 1.22 bits per heavy atom. The Bertz CT molecular complexity index is 977. The standard InChI is InChI=1S/C21H18IN/c1-13-4-6-20-18(10-13)19-11-14(2)5-7-21(19)23(20)17-9-15(3)8-16(22)12-17/h4-12H,1-3H3. The first-order valence-electron chi connectivity index (χ1n) is 7.82. The van der Waals surface area contributed by atoms with E-state index >= 15 is 0 Å². The maximum absolute atomic E-state index is 2.40. The van der Waals surface area contributed by atoms with Crippen LogP contribution < -0.4 is 0 Å². The number of hydrogen-bond donors (Lipinski definition) is 0. The van der Waals surface area contributed by atoms with Gasteiger partial charge in [-0.2, -0.15) is 0 Å². The van der Waals surface area contributed by atoms with Crippen molar-refractivity contribution in [2.45, 2.75) is 20.8 Å². The van der Waals surface area contributed by atoms with E-state index in [4.69, 9.17) is 0 Å². The highest BCUT2D eigenvalue weighted by atomic mass is 127. The van der Waals surface area contributed by atoms with E-state index in [0.717, 1.165) is 0 Å². The van der Waals surface area contributed by atoms with E-state index < -0.39 is 0 Å². The molecule has 2 heteroatoms. The Hall–Kier alpha value is -1.81. The summed E-state index contributed by atoms with van der Waals surface area (Å²) in [6, 6.07) is 20.2. The lowest BCUT2D eigenvalue weighted by Gasteiger charge is -2.10. The van der Waals surface area contributed by atoms with E-state index in [1.807, 2.05) is 0 Å². The van der Waals surface area contributed by atoms with Crippen LogP contribution in [0.2, 0.25) is 0 Å². The predicted octanol–water partition coefficient (Wildman–Crippen LogP) is 6.31. The molecule has 0 spiro atoms. The van der Waals surface area contributed by atoms with Crippen LogP contribution in [-0.4, -0.2) is 4.57 Å². The van der Waals surface area contributed by atoms with Crippen molar-refractivity contribution in [3.05, 3.63) is 74.9 Å². The zero-order valence-electron chi connectivity index (χ0n) is 13.5. The Labute approximate surface area is 150 Å². The van der Waals surface area contributed by atoms with E-state index in [1.165, 1.54) is 47.8 Å². The van der Waals surface area contributed by atoms with Crippen LogP contribution in [0, 0.1) is 24.3 Å². The van der Waals surface area contributed by atoms with Gasteiger partial charge in [-0.15, -0.1) is 0 Å². The molecule has 114 valence electrons. The first-order chi connectivity index (χ1) is 11.0. The van der Waals surface area contributed by atoms with Crippen LogP contribution in [0.4, 0.5) is 0 Å². The van der Waals surface area contributed by atoms with Gasteiger partial charge in [-0.05, 0) is 91.4 Å². The second-order valence-electron chi connectivity index (χ2n) is 6.36. The van der Waals surface area contributed by atoms with Gasteiger partial charge in [-0.3, -0.25) is 0 Å². The molecular formula is C21H18IN. The van der Waals surface area contributed by atoms with E-state index in [1.54, 1.807) is 0 Å². The first-order valence-corrected chi connectivity index (χ1v) is 8.90. The lowest BCUT2D eigenvalue weighted by Crippen LogP contribution is -1.95. The van der Waals surface area contributed by atoms with Crippen molar-refractivity contribution in [3.63, 3.8) is 0 Å². The van der Waals surface area contributed by atoms with Crippen molar-refractivity contribution in [1.82, 2.24) is 4.57 Å². The third-order valence-corrected chi connectivity index (χ3v) is 4.98. The molecule has 0 aliphatic carbocycles. The van der Waals surface area contributed by atoms with Gasteiger partial charge >= 0.3 is 0 Å². The Morgan fingerprint density at radius 1 is 0.652 bits per heavy atom. The number of halogens is 1. The molecule has 0 unspecified atom stereocenters. The molecule has 1 aromatic heterocycles. The maximum atomic E-state index is 2.40. The van der Waals surface area contributed by atoms with E-state index in [-0.39, 0.29) is 0 Å². The first kappa shape index (κ1) is 14.8. The molecule has 1 nitrogen and oxygen atoms in total. The zero-order valence-corrected chi connectivity index (χ0v) is 15.7. The number of nitrogens with zero attached hydrogens (tertiary/aromatic N) is 1. The molecule has 23 heavy (non-hydrogen) atoms. The molecule has 0 saturated carbocycles. The van der Waals surface area contributed by atoms with Gasteiger partial charge < -0.3 is 4.57 Å². The monoisotopic (exact) mass is 411 g/mol. The molecule has 1 heterocycles. The average Bonchev–Trinajstić information content (AvgIpc) is 2.79. The minimum Gasteiger partial charge on any atom is -0.309 e. The molecule has 4 aromatic rings. The van der Waals surface area contributed by atoms with Crippen molar-refractivity contribution in [2.75, 3.05) is 0 Å². The fraction of sp³-hybridized carbons (Fsp3) is 0.143. The molecule has 0 atom stereocenters. The van der Waals surface area contributed by atoms with Gasteiger partial charge in [-0.1, -0.05) is 23.3 Å². The van der Waals surface area contributed by atoms with E-state index in [0.29, 0.717) is 0 Å². The van der Waals surface area contributed by atoms with Gasteiger partial charge in [0.15, 0.2) is 0 Å². The number of fused-ring (bicyclic) bond motifs is 3. The van der Waals surface area contributed by atoms with Crippen LogP contribution in [0.15, 0.2) is 54.6 Å². The van der Waals surface area contributed by atoms with Crippen LogP contribution in [0.5, 0.6) is 0 Å². The maximum Gasteiger partial charge on any atom is 0.0541 e. The van der Waals surface area contributed by atoms with Gasteiger partial charge in [0.1, 0.15) is 0 Å². The van der Waals surface area contributed by atoms with Crippen molar-refractivity contribution in [2.24, 2.45) is 0 Å². The Balaban J connectivity index is 2.19. The van der Waals surface area contributed by atoms with Crippen LogP contribution in [0.3, 0.4) is 0 Å². The van der Waals surface area contributed by atoms with Gasteiger partial charge in [0.25, 0.3) is 0 Å². The molecule has 0 N–H and O–H groups in total. The summed E-state index contributed by atoms with van der Waals surface area (Å²) in [7, 11) is 0. The molecule has 0 bridgehead atoms. The predicted molar refractivity (Wildman–Crippen MR) is 108 cm³/mol. The summed E-state index contributed by atoms with van der Waals surface area (Å²) in [6.07, 6.45) is 0. The minimum absolute atomic E-state index is 1.24. The van der Waals surface area contributed by atoms with Crippen LogP contribution in [0.25, 0.3) is 27.5 Å². The molecule has 0 radical (unpaired) electrons. The molecule has 0 amide bonds. The number of benzene rings is 3. The second kappa shape index (κ2) is 5.38. The second-order valence-corrected chi connectivity index (χ2v) is 7.61. The topological polar surface area (TPSA) is 4.93 Å². The summed E-state index contributed by atoms with van der Waals surface area (Å²) in [5, 5.41) is 2.67. The molecule has 0 aliphatic heterocycles. The smallest absolute Gasteiger partial charge is 0.0541 e. The minimum atomic E-state index is 1.24. The quantitative estimate of drug-likeness (QED) is 0.324. The molecular weight excluding hydrogens is 393 g/mol. The van der Waals surface area contributed by atoms with Gasteiger partial charge in [0.05, 0.1) is 11.0 Å². The lowest BCUT2D eigenvalue weighted by atomic mass is 10.1. The van der Waals surface area contributed by atoms with Gasteiger partial charge in [0.2, 0.25) is 0 Å². The zero-order chi connectivity index (χ0) is 16.1. The number of hydrogen-bond acceptors (Lipinski definition) is 0. The third kappa shape index (κ3) is 2.45. The largest absolute Gasteiger partial charge is 0.309 e. The fourth-order valence-electron chi connectivity index (χ4n) is 3.38. The molecule has 0 saturated heterocycles. The van der Waals surface area contributed by atoms with Gasteiger partial charge in [0, 0.05) is 20.0 Å². The van der Waals surface area contributed by atoms with Crippen LogP contribution >= 0.6 is 22.6 Å². The number of aromatic nitrogens is 1. The summed E-state index contributed by atoms with van der Waals surface area (Å²) in [6.45, 7) is 6.48. The highest BCUT2D eigenvalue weighted by Crippen LogP contribution is 2.33. The highest BCUT2D eigenvalue weighted by molar-refractivity contribution is 14.1. The summed E-state index contributed by atoms with van der Waals surface area (Å²) < 4.78 is 3.66. The van der Waals surface area contributed by atoms with E-state index in [9.17, 15) is 0 Å². The molecule has 3 aromatic carbocycles. The molecule has 4 rings (SSSR count). The van der Waals surface area contributed by atoms with E-state index in [2.05, 4.69) is 103 Å². The number of aryl methyl sites for hydroxylation is 3. The fourth-order valence-corrected chi connectivity index (χ4v) is 4.19.